The number of amides is 2. The molecule has 0 spiro atoms. The van der Waals surface area contributed by atoms with Gasteiger partial charge in [-0.05, 0) is 37.0 Å². The number of hydrogen-bond donors (Lipinski definition) is 2. The minimum Gasteiger partial charge on any atom is -0.376 e. The van der Waals surface area contributed by atoms with E-state index in [1.807, 2.05) is 0 Å². The zero-order chi connectivity index (χ0) is 15.9. The molecule has 5 nitrogen and oxygen atoms in total. The third kappa shape index (κ3) is 4.56. The number of primary amides is 1. The molecule has 0 aliphatic heterocycles. The molecule has 2 unspecified atom stereocenters. The fraction of sp³-hybridized carbons (Fsp3) is 0.529. The van der Waals surface area contributed by atoms with Crippen LogP contribution in [-0.4, -0.2) is 31.1 Å². The van der Waals surface area contributed by atoms with Crippen molar-refractivity contribution in [1.29, 1.82) is 0 Å². The van der Waals surface area contributed by atoms with E-state index in [4.69, 9.17) is 10.5 Å². The third-order valence-electron chi connectivity index (χ3n) is 4.16. The lowest BCUT2D eigenvalue weighted by Gasteiger charge is -2.28. The van der Waals surface area contributed by atoms with Crippen LogP contribution >= 0.6 is 0 Å². The maximum Gasteiger partial charge on any atom is 0.251 e. The minimum absolute atomic E-state index is 0.219. The van der Waals surface area contributed by atoms with E-state index >= 15 is 0 Å². The second-order valence-electron chi connectivity index (χ2n) is 5.87. The van der Waals surface area contributed by atoms with Crippen LogP contribution in [0.3, 0.4) is 0 Å². The van der Waals surface area contributed by atoms with Gasteiger partial charge in [0, 0.05) is 17.7 Å². The molecule has 22 heavy (non-hydrogen) atoms. The van der Waals surface area contributed by atoms with Gasteiger partial charge in [0.05, 0.1) is 12.7 Å². The van der Waals surface area contributed by atoms with E-state index in [-0.39, 0.29) is 5.91 Å². The molecule has 0 radical (unpaired) electrons. The summed E-state index contributed by atoms with van der Waals surface area (Å²) in [6.07, 6.45) is 5.14. The molecule has 1 aromatic carbocycles. The Balaban J connectivity index is 1.75. The van der Waals surface area contributed by atoms with Gasteiger partial charge in [0.15, 0.2) is 0 Å². The second-order valence-corrected chi connectivity index (χ2v) is 5.87. The molecule has 2 amide bonds. The molecule has 0 aromatic heterocycles. The first-order valence-electron chi connectivity index (χ1n) is 7.87. The molecule has 1 aliphatic rings. The topological polar surface area (TPSA) is 81.4 Å². The Kier molecular flexibility index (Phi) is 5.95. The van der Waals surface area contributed by atoms with E-state index in [2.05, 4.69) is 12.2 Å². The molecule has 120 valence electrons. The van der Waals surface area contributed by atoms with Crippen molar-refractivity contribution in [3.05, 3.63) is 35.4 Å². The first-order valence-corrected chi connectivity index (χ1v) is 7.87. The van der Waals surface area contributed by atoms with Gasteiger partial charge < -0.3 is 15.8 Å². The van der Waals surface area contributed by atoms with Crippen molar-refractivity contribution in [2.75, 3.05) is 13.2 Å². The average molecular weight is 304 g/mol. The van der Waals surface area contributed by atoms with Crippen molar-refractivity contribution in [3.8, 4) is 0 Å². The van der Waals surface area contributed by atoms with E-state index in [1.165, 1.54) is 25.3 Å². The summed E-state index contributed by atoms with van der Waals surface area (Å²) < 4.78 is 5.85. The fourth-order valence-electron chi connectivity index (χ4n) is 2.82. The summed E-state index contributed by atoms with van der Waals surface area (Å²) in [5.74, 6) is -0.163. The maximum absolute atomic E-state index is 12.0. The Morgan fingerprint density at radius 3 is 2.73 bits per heavy atom. The van der Waals surface area contributed by atoms with Crippen molar-refractivity contribution >= 4 is 11.8 Å². The number of carbonyl (C=O) groups is 2. The summed E-state index contributed by atoms with van der Waals surface area (Å²) in [7, 11) is 0. The first kappa shape index (κ1) is 16.5. The molecule has 2 rings (SSSR count). The molecule has 3 N–H and O–H groups in total. The van der Waals surface area contributed by atoms with Gasteiger partial charge >= 0.3 is 0 Å². The van der Waals surface area contributed by atoms with Crippen molar-refractivity contribution in [2.24, 2.45) is 11.7 Å². The number of rotatable bonds is 6. The molecular weight excluding hydrogens is 280 g/mol. The summed E-state index contributed by atoms with van der Waals surface area (Å²) >= 11 is 0. The predicted molar refractivity (Wildman–Crippen MR) is 84.7 cm³/mol. The van der Waals surface area contributed by atoms with Crippen LogP contribution in [0.25, 0.3) is 0 Å². The molecule has 5 heteroatoms. The van der Waals surface area contributed by atoms with Gasteiger partial charge in [-0.2, -0.15) is 0 Å². The first-order chi connectivity index (χ1) is 10.6. The Hall–Kier alpha value is -1.88. The van der Waals surface area contributed by atoms with E-state index in [0.717, 1.165) is 6.42 Å². The van der Waals surface area contributed by atoms with Crippen LogP contribution < -0.4 is 11.1 Å². The normalized spacial score (nSPS) is 21.3. The SMILES string of the molecule is CC1CCCCC1OCCNC(=O)c1cccc(C(N)=O)c1. The molecule has 1 saturated carbocycles. The van der Waals surface area contributed by atoms with Crippen molar-refractivity contribution in [2.45, 2.75) is 38.7 Å². The van der Waals surface area contributed by atoms with E-state index < -0.39 is 5.91 Å². The smallest absolute Gasteiger partial charge is 0.251 e. The highest BCUT2D eigenvalue weighted by atomic mass is 16.5. The van der Waals surface area contributed by atoms with E-state index in [0.29, 0.717) is 36.3 Å². The summed E-state index contributed by atoms with van der Waals surface area (Å²) in [6.45, 7) is 3.19. The van der Waals surface area contributed by atoms with E-state index in [9.17, 15) is 9.59 Å². The van der Waals surface area contributed by atoms with Gasteiger partial charge in [0.25, 0.3) is 5.91 Å². The van der Waals surface area contributed by atoms with Crippen molar-refractivity contribution in [1.82, 2.24) is 5.32 Å². The highest BCUT2D eigenvalue weighted by Gasteiger charge is 2.21. The average Bonchev–Trinajstić information content (AvgIpc) is 2.53. The van der Waals surface area contributed by atoms with Gasteiger partial charge in [0.2, 0.25) is 5.91 Å². The van der Waals surface area contributed by atoms with Gasteiger partial charge in [-0.3, -0.25) is 9.59 Å². The van der Waals surface area contributed by atoms with E-state index in [1.54, 1.807) is 18.2 Å². The lowest BCUT2D eigenvalue weighted by Crippen LogP contribution is -2.31. The number of nitrogens with two attached hydrogens (primary N) is 1. The van der Waals surface area contributed by atoms with Crippen LogP contribution in [-0.2, 0) is 4.74 Å². The van der Waals surface area contributed by atoms with Crippen LogP contribution in [0.4, 0.5) is 0 Å². The Labute approximate surface area is 131 Å². The number of nitrogens with one attached hydrogen (secondary N) is 1. The largest absolute Gasteiger partial charge is 0.376 e. The molecule has 1 fully saturated rings. The van der Waals surface area contributed by atoms with Crippen LogP contribution in [0.1, 0.15) is 53.3 Å². The van der Waals surface area contributed by atoms with Crippen LogP contribution in [0.15, 0.2) is 24.3 Å². The summed E-state index contributed by atoms with van der Waals surface area (Å²) in [5, 5.41) is 2.80. The van der Waals surface area contributed by atoms with Gasteiger partial charge in [-0.25, -0.2) is 0 Å². The highest BCUT2D eigenvalue weighted by Crippen LogP contribution is 2.25. The standard InChI is InChI=1S/C17H24N2O3/c1-12-5-2-3-8-15(12)22-10-9-19-17(21)14-7-4-6-13(11-14)16(18)20/h4,6-7,11-12,15H,2-3,5,8-10H2,1H3,(H2,18,20)(H,19,21). The zero-order valence-corrected chi connectivity index (χ0v) is 13.0. The summed E-state index contributed by atoms with van der Waals surface area (Å²) in [6, 6.07) is 6.40. The molecule has 1 aliphatic carbocycles. The molecule has 0 bridgehead atoms. The summed E-state index contributed by atoms with van der Waals surface area (Å²) in [4.78, 5) is 23.1. The van der Waals surface area contributed by atoms with Crippen molar-refractivity contribution < 1.29 is 14.3 Å². The summed E-state index contributed by atoms with van der Waals surface area (Å²) in [5.41, 5.74) is 5.98. The van der Waals surface area contributed by atoms with Crippen LogP contribution in [0.5, 0.6) is 0 Å². The minimum atomic E-state index is -0.538. The Bertz CT molecular complexity index is 530. The quantitative estimate of drug-likeness (QED) is 0.790. The molecule has 0 saturated heterocycles. The maximum atomic E-state index is 12.0. The number of carbonyl (C=O) groups excluding carboxylic acids is 2. The van der Waals surface area contributed by atoms with Gasteiger partial charge in [0.1, 0.15) is 0 Å². The number of hydrogen-bond acceptors (Lipinski definition) is 3. The lowest BCUT2D eigenvalue weighted by atomic mass is 9.88. The number of benzene rings is 1. The third-order valence-corrected chi connectivity index (χ3v) is 4.16. The van der Waals surface area contributed by atoms with Crippen molar-refractivity contribution in [3.63, 3.8) is 0 Å². The Morgan fingerprint density at radius 1 is 1.27 bits per heavy atom. The van der Waals surface area contributed by atoms with Gasteiger partial charge in [-0.15, -0.1) is 0 Å². The zero-order valence-electron chi connectivity index (χ0n) is 13.0. The second kappa shape index (κ2) is 7.94. The predicted octanol–water partition coefficient (Wildman–Crippen LogP) is 2.11. The highest BCUT2D eigenvalue weighted by molar-refractivity contribution is 5.99. The Morgan fingerprint density at radius 2 is 2.00 bits per heavy atom. The fourth-order valence-corrected chi connectivity index (χ4v) is 2.82. The lowest BCUT2D eigenvalue weighted by molar-refractivity contribution is -0.00293. The number of ether oxygens (including phenoxy) is 1. The molecule has 1 aromatic rings. The molecular formula is C17H24N2O3. The van der Waals surface area contributed by atoms with Crippen LogP contribution in [0, 0.1) is 5.92 Å². The van der Waals surface area contributed by atoms with Gasteiger partial charge in [-0.1, -0.05) is 25.8 Å². The van der Waals surface area contributed by atoms with Crippen LogP contribution in [0.2, 0.25) is 0 Å². The molecule has 0 heterocycles. The molecule has 2 atom stereocenters. The monoisotopic (exact) mass is 304 g/mol.